The van der Waals surface area contributed by atoms with Crippen molar-refractivity contribution in [1.82, 2.24) is 5.32 Å². The molecule has 126 valence electrons. The number of phenols is 1. The van der Waals surface area contributed by atoms with Crippen molar-refractivity contribution < 1.29 is 14.6 Å². The number of rotatable bonds is 3. The van der Waals surface area contributed by atoms with Gasteiger partial charge in [0.1, 0.15) is 11.5 Å². The average Bonchev–Trinajstić information content (AvgIpc) is 2.49. The first-order valence-electron chi connectivity index (χ1n) is 7.08. The van der Waals surface area contributed by atoms with Gasteiger partial charge in [0.25, 0.3) is 5.91 Å². The van der Waals surface area contributed by atoms with Gasteiger partial charge in [-0.1, -0.05) is 22.0 Å². The van der Waals surface area contributed by atoms with Crippen molar-refractivity contribution in [3.8, 4) is 11.5 Å². The Morgan fingerprint density at radius 3 is 2.58 bits per heavy atom. The lowest BCUT2D eigenvalue weighted by atomic mass is 10.1. The molecule has 0 saturated heterocycles. The molecule has 1 amide bonds. The fraction of sp³-hybridized carbons (Fsp3) is 0.176. The summed E-state index contributed by atoms with van der Waals surface area (Å²) in [6, 6.07) is 8.64. The third-order valence-electron chi connectivity index (χ3n) is 3.32. The van der Waals surface area contributed by atoms with E-state index >= 15 is 0 Å². The monoisotopic (exact) mass is 408 g/mol. The molecule has 0 aromatic heterocycles. The van der Waals surface area contributed by atoms with Crippen molar-refractivity contribution in [2.45, 2.75) is 13.8 Å². The highest BCUT2D eigenvalue weighted by Crippen LogP contribution is 2.28. The highest BCUT2D eigenvalue weighted by atomic mass is 79.9. The number of hydrogen-bond acceptors (Lipinski definition) is 4. The van der Waals surface area contributed by atoms with Crippen molar-refractivity contribution in [2.24, 2.45) is 0 Å². The second-order valence-electron chi connectivity index (χ2n) is 5.23. The molecule has 0 aliphatic heterocycles. The van der Waals surface area contributed by atoms with E-state index in [0.29, 0.717) is 17.0 Å². The van der Waals surface area contributed by atoms with Crippen LogP contribution in [0.2, 0.25) is 0 Å². The first-order chi connectivity index (χ1) is 11.3. The number of anilines is 1. The van der Waals surface area contributed by atoms with Gasteiger partial charge in [0.15, 0.2) is 5.11 Å². The molecule has 5 nitrogen and oxygen atoms in total. The third kappa shape index (κ3) is 4.24. The summed E-state index contributed by atoms with van der Waals surface area (Å²) in [5.41, 5.74) is 2.53. The van der Waals surface area contributed by atoms with Crippen LogP contribution in [0, 0.1) is 13.8 Å². The fourth-order valence-corrected chi connectivity index (χ4v) is 3.02. The number of methoxy groups -OCH3 is 1. The van der Waals surface area contributed by atoms with Crippen LogP contribution in [0.15, 0.2) is 34.8 Å². The van der Waals surface area contributed by atoms with Crippen LogP contribution in [0.25, 0.3) is 0 Å². The van der Waals surface area contributed by atoms with Crippen molar-refractivity contribution in [2.75, 3.05) is 12.4 Å². The summed E-state index contributed by atoms with van der Waals surface area (Å²) in [6.07, 6.45) is 0. The number of ether oxygens (including phenoxy) is 1. The van der Waals surface area contributed by atoms with E-state index in [-0.39, 0.29) is 10.9 Å². The zero-order valence-corrected chi connectivity index (χ0v) is 15.8. The molecule has 2 rings (SSSR count). The Morgan fingerprint density at radius 2 is 1.96 bits per heavy atom. The molecule has 0 aliphatic rings. The van der Waals surface area contributed by atoms with Gasteiger partial charge in [0, 0.05) is 4.47 Å². The Hall–Kier alpha value is -2.12. The molecule has 0 radical (unpaired) electrons. The normalized spacial score (nSPS) is 10.2. The summed E-state index contributed by atoms with van der Waals surface area (Å²) in [5, 5.41) is 15.4. The van der Waals surface area contributed by atoms with Crippen LogP contribution in [0.5, 0.6) is 11.5 Å². The van der Waals surface area contributed by atoms with Crippen molar-refractivity contribution in [3.63, 3.8) is 0 Å². The lowest BCUT2D eigenvalue weighted by molar-refractivity contribution is 0.0974. The molecule has 0 aliphatic carbocycles. The second-order valence-corrected chi connectivity index (χ2v) is 6.56. The number of halogens is 1. The largest absolute Gasteiger partial charge is 0.506 e. The molecule has 0 spiro atoms. The van der Waals surface area contributed by atoms with Crippen molar-refractivity contribution >= 4 is 44.9 Å². The van der Waals surface area contributed by atoms with Gasteiger partial charge in [-0.05, 0) is 61.5 Å². The zero-order chi connectivity index (χ0) is 17.9. The van der Waals surface area contributed by atoms with Crippen LogP contribution in [-0.2, 0) is 0 Å². The molecule has 0 unspecified atom stereocenters. The summed E-state index contributed by atoms with van der Waals surface area (Å²) >= 11 is 8.51. The minimum absolute atomic E-state index is 0.0579. The zero-order valence-electron chi connectivity index (χ0n) is 13.4. The van der Waals surface area contributed by atoms with E-state index in [2.05, 4.69) is 26.6 Å². The number of aryl methyl sites for hydroxylation is 2. The molecular formula is C17H17BrN2O3S. The van der Waals surface area contributed by atoms with Crippen molar-refractivity contribution in [3.05, 3.63) is 51.5 Å². The number of aromatic hydroxyl groups is 1. The fourth-order valence-electron chi connectivity index (χ4n) is 2.24. The third-order valence-corrected chi connectivity index (χ3v) is 3.98. The Bertz CT molecular complexity index is 809. The summed E-state index contributed by atoms with van der Waals surface area (Å²) in [7, 11) is 1.51. The summed E-state index contributed by atoms with van der Waals surface area (Å²) in [5.74, 6) is 0.138. The first kappa shape index (κ1) is 18.2. The number of amides is 1. The number of carbonyl (C=O) groups excluding carboxylic acids is 1. The SMILES string of the molecule is COc1c(C)cc(Br)cc1C(=O)NC(=S)Nc1ccc(C)cc1O. The van der Waals surface area contributed by atoms with Crippen LogP contribution >= 0.6 is 28.1 Å². The van der Waals surface area contributed by atoms with Crippen LogP contribution in [0.1, 0.15) is 21.5 Å². The van der Waals surface area contributed by atoms with E-state index in [1.165, 1.54) is 7.11 Å². The summed E-state index contributed by atoms with van der Waals surface area (Å²) in [4.78, 5) is 12.5. The van der Waals surface area contributed by atoms with Gasteiger partial charge < -0.3 is 15.2 Å². The lowest BCUT2D eigenvalue weighted by Crippen LogP contribution is -2.34. The lowest BCUT2D eigenvalue weighted by Gasteiger charge is -2.14. The second kappa shape index (κ2) is 7.63. The van der Waals surface area contributed by atoms with Gasteiger partial charge in [-0.15, -0.1) is 0 Å². The Morgan fingerprint density at radius 1 is 1.25 bits per heavy atom. The molecule has 0 heterocycles. The van der Waals surface area contributed by atoms with Gasteiger partial charge in [-0.25, -0.2) is 0 Å². The van der Waals surface area contributed by atoms with Crippen LogP contribution in [0.3, 0.4) is 0 Å². The average molecular weight is 409 g/mol. The summed E-state index contributed by atoms with van der Waals surface area (Å²) in [6.45, 7) is 3.72. The number of benzene rings is 2. The van der Waals surface area contributed by atoms with Crippen LogP contribution in [0.4, 0.5) is 5.69 Å². The van der Waals surface area contributed by atoms with Gasteiger partial charge in [0.2, 0.25) is 0 Å². The van der Waals surface area contributed by atoms with Crippen LogP contribution in [-0.4, -0.2) is 23.2 Å². The molecule has 2 aromatic rings. The number of hydrogen-bond donors (Lipinski definition) is 3. The maximum atomic E-state index is 12.5. The predicted octanol–water partition coefficient (Wildman–Crippen LogP) is 3.91. The highest BCUT2D eigenvalue weighted by molar-refractivity contribution is 9.10. The standard InChI is InChI=1S/C17H17BrN2O3S/c1-9-4-5-13(14(21)6-9)19-17(24)20-16(22)12-8-11(18)7-10(2)15(12)23-3/h4-8,21H,1-3H3,(H2,19,20,22,24). The van der Waals surface area contributed by atoms with E-state index in [0.717, 1.165) is 15.6 Å². The number of carbonyl (C=O) groups is 1. The molecule has 2 aromatic carbocycles. The maximum Gasteiger partial charge on any atom is 0.261 e. The smallest absolute Gasteiger partial charge is 0.261 e. The van der Waals surface area contributed by atoms with Gasteiger partial charge in [0.05, 0.1) is 18.4 Å². The van der Waals surface area contributed by atoms with Gasteiger partial charge in [-0.3, -0.25) is 10.1 Å². The predicted molar refractivity (Wildman–Crippen MR) is 102 cm³/mol. The molecule has 0 fully saturated rings. The van der Waals surface area contributed by atoms with Gasteiger partial charge >= 0.3 is 0 Å². The number of phenolic OH excluding ortho intramolecular Hbond substituents is 1. The molecular weight excluding hydrogens is 392 g/mol. The number of nitrogens with one attached hydrogen (secondary N) is 2. The quantitative estimate of drug-likeness (QED) is 0.530. The molecule has 0 bridgehead atoms. The minimum Gasteiger partial charge on any atom is -0.506 e. The Labute approximate surface area is 154 Å². The molecule has 3 N–H and O–H groups in total. The minimum atomic E-state index is -0.402. The van der Waals surface area contributed by atoms with Gasteiger partial charge in [-0.2, -0.15) is 0 Å². The van der Waals surface area contributed by atoms with E-state index in [1.807, 2.05) is 26.0 Å². The van der Waals surface area contributed by atoms with E-state index in [4.69, 9.17) is 17.0 Å². The van der Waals surface area contributed by atoms with E-state index in [1.54, 1.807) is 18.2 Å². The molecule has 24 heavy (non-hydrogen) atoms. The topological polar surface area (TPSA) is 70.6 Å². The Kier molecular flexibility index (Phi) is 5.80. The highest BCUT2D eigenvalue weighted by Gasteiger charge is 2.17. The van der Waals surface area contributed by atoms with Crippen LogP contribution < -0.4 is 15.4 Å². The van der Waals surface area contributed by atoms with E-state index < -0.39 is 5.91 Å². The molecule has 0 saturated carbocycles. The first-order valence-corrected chi connectivity index (χ1v) is 8.28. The van der Waals surface area contributed by atoms with E-state index in [9.17, 15) is 9.90 Å². The Balaban J connectivity index is 2.16. The number of thiocarbonyl (C=S) groups is 1. The molecule has 7 heteroatoms. The maximum absolute atomic E-state index is 12.5. The summed E-state index contributed by atoms with van der Waals surface area (Å²) < 4.78 is 6.06. The molecule has 0 atom stereocenters. The van der Waals surface area contributed by atoms with Crippen molar-refractivity contribution in [1.29, 1.82) is 0 Å².